The molecule has 4 heteroatoms. The zero-order valence-electron chi connectivity index (χ0n) is 11.8. The molecule has 1 atom stereocenters. The molecule has 1 N–H and O–H groups in total. The molecule has 0 saturated carbocycles. The van der Waals surface area contributed by atoms with Crippen LogP contribution in [0.15, 0.2) is 66.9 Å². The summed E-state index contributed by atoms with van der Waals surface area (Å²) >= 11 is 0. The number of para-hydroxylation sites is 1. The van der Waals surface area contributed by atoms with Gasteiger partial charge in [-0.3, -0.25) is 0 Å². The second kappa shape index (κ2) is 5.50. The van der Waals surface area contributed by atoms with E-state index in [0.29, 0.717) is 12.1 Å². The van der Waals surface area contributed by atoms with Crippen molar-refractivity contribution in [3.8, 4) is 5.69 Å². The molecule has 0 aliphatic carbocycles. The van der Waals surface area contributed by atoms with Gasteiger partial charge >= 0.3 is 0 Å². The van der Waals surface area contributed by atoms with E-state index in [0.717, 1.165) is 11.3 Å². The van der Waals surface area contributed by atoms with Crippen LogP contribution in [0, 0.1) is 0 Å². The molecule has 21 heavy (non-hydrogen) atoms. The van der Waals surface area contributed by atoms with Crippen LogP contribution < -0.4 is 0 Å². The average molecular weight is 279 g/mol. The van der Waals surface area contributed by atoms with Crippen molar-refractivity contribution in [3.63, 3.8) is 0 Å². The van der Waals surface area contributed by atoms with Crippen LogP contribution in [0.25, 0.3) is 5.69 Å². The molecule has 1 unspecified atom stereocenters. The Bertz CT molecular complexity index is 709. The predicted octanol–water partition coefficient (Wildman–Crippen LogP) is 2.91. The van der Waals surface area contributed by atoms with Crippen molar-refractivity contribution in [2.24, 2.45) is 0 Å². The molecule has 3 aromatic rings. The molecule has 2 aromatic carbocycles. The molecule has 1 heterocycles. The lowest BCUT2D eigenvalue weighted by Gasteiger charge is -2.27. The summed E-state index contributed by atoms with van der Waals surface area (Å²) < 4.78 is 1.69. The normalized spacial score (nSPS) is 13.8. The Hall–Kier alpha value is -2.46. The smallest absolute Gasteiger partial charge is 0.133 e. The first-order valence-electron chi connectivity index (χ1n) is 7.00. The van der Waals surface area contributed by atoms with Gasteiger partial charge in [0.25, 0.3) is 0 Å². The topological polar surface area (TPSA) is 50.9 Å². The molecule has 0 aliphatic rings. The van der Waals surface area contributed by atoms with Crippen molar-refractivity contribution >= 4 is 0 Å². The predicted molar refractivity (Wildman–Crippen MR) is 81.1 cm³/mol. The van der Waals surface area contributed by atoms with E-state index in [-0.39, 0.29) is 0 Å². The van der Waals surface area contributed by atoms with E-state index in [1.165, 1.54) is 0 Å². The molecule has 1 aromatic heterocycles. The van der Waals surface area contributed by atoms with Crippen molar-refractivity contribution in [1.82, 2.24) is 15.0 Å². The number of benzene rings is 2. The molecule has 0 amide bonds. The molecule has 4 nitrogen and oxygen atoms in total. The first-order valence-corrected chi connectivity index (χ1v) is 7.00. The van der Waals surface area contributed by atoms with E-state index < -0.39 is 5.60 Å². The molecular weight excluding hydrogens is 262 g/mol. The maximum atomic E-state index is 11.2. The van der Waals surface area contributed by atoms with Crippen LogP contribution in [0.4, 0.5) is 0 Å². The highest BCUT2D eigenvalue weighted by Gasteiger charge is 2.33. The van der Waals surface area contributed by atoms with E-state index in [1.54, 1.807) is 10.9 Å². The van der Waals surface area contributed by atoms with E-state index in [9.17, 15) is 5.11 Å². The monoisotopic (exact) mass is 279 g/mol. The van der Waals surface area contributed by atoms with Gasteiger partial charge in [0.2, 0.25) is 0 Å². The highest BCUT2D eigenvalue weighted by Crippen LogP contribution is 2.33. The lowest BCUT2D eigenvalue weighted by Crippen LogP contribution is -2.29. The Balaban J connectivity index is 2.14. The minimum Gasteiger partial charge on any atom is -0.379 e. The zero-order chi connectivity index (χ0) is 14.7. The second-order valence-corrected chi connectivity index (χ2v) is 4.95. The largest absolute Gasteiger partial charge is 0.379 e. The Morgan fingerprint density at radius 3 is 2.24 bits per heavy atom. The third-order valence-corrected chi connectivity index (χ3v) is 3.74. The number of hydrogen-bond acceptors (Lipinski definition) is 3. The highest BCUT2D eigenvalue weighted by atomic mass is 16.3. The number of aromatic nitrogens is 3. The van der Waals surface area contributed by atoms with Crippen molar-refractivity contribution in [2.45, 2.75) is 18.9 Å². The molecule has 0 saturated heterocycles. The summed E-state index contributed by atoms with van der Waals surface area (Å²) in [5.74, 6) is 0. The summed E-state index contributed by atoms with van der Waals surface area (Å²) in [6.07, 6.45) is 2.17. The van der Waals surface area contributed by atoms with Gasteiger partial charge in [0.05, 0.1) is 11.9 Å². The molecular formula is C17H17N3O. The number of rotatable bonds is 4. The highest BCUT2D eigenvalue weighted by molar-refractivity contribution is 5.37. The molecule has 0 radical (unpaired) electrons. The SMILES string of the molecule is CCC(O)(c1ccccc1)c1cnnn1-c1ccccc1. The van der Waals surface area contributed by atoms with Gasteiger partial charge < -0.3 is 5.11 Å². The van der Waals surface area contributed by atoms with E-state index in [2.05, 4.69) is 10.3 Å². The molecule has 0 aliphatic heterocycles. The Morgan fingerprint density at radius 2 is 1.62 bits per heavy atom. The van der Waals surface area contributed by atoms with Crippen LogP contribution in [0.1, 0.15) is 24.6 Å². The number of nitrogens with zero attached hydrogens (tertiary/aromatic N) is 3. The average Bonchev–Trinajstić information content (AvgIpc) is 3.06. The fourth-order valence-corrected chi connectivity index (χ4v) is 2.52. The maximum absolute atomic E-state index is 11.2. The van der Waals surface area contributed by atoms with Crippen molar-refractivity contribution < 1.29 is 5.11 Å². The van der Waals surface area contributed by atoms with E-state index in [4.69, 9.17) is 0 Å². The minimum absolute atomic E-state index is 0.539. The van der Waals surface area contributed by atoms with Crippen molar-refractivity contribution in [3.05, 3.63) is 78.1 Å². The van der Waals surface area contributed by atoms with Gasteiger partial charge in [-0.1, -0.05) is 60.7 Å². The summed E-state index contributed by atoms with van der Waals surface area (Å²) in [6, 6.07) is 19.3. The van der Waals surface area contributed by atoms with Gasteiger partial charge in [-0.25, -0.2) is 4.68 Å². The van der Waals surface area contributed by atoms with Gasteiger partial charge in [0.1, 0.15) is 11.3 Å². The van der Waals surface area contributed by atoms with Gasteiger partial charge in [0.15, 0.2) is 0 Å². The van der Waals surface area contributed by atoms with Gasteiger partial charge in [0, 0.05) is 0 Å². The van der Waals surface area contributed by atoms with Crippen LogP contribution in [-0.4, -0.2) is 20.1 Å². The van der Waals surface area contributed by atoms with Crippen LogP contribution in [0.5, 0.6) is 0 Å². The first kappa shape index (κ1) is 13.5. The Morgan fingerprint density at radius 1 is 1.00 bits per heavy atom. The Kier molecular flexibility index (Phi) is 3.54. The van der Waals surface area contributed by atoms with E-state index >= 15 is 0 Å². The van der Waals surface area contributed by atoms with Gasteiger partial charge in [-0.2, -0.15) is 0 Å². The molecule has 0 fully saturated rings. The molecule has 0 spiro atoms. The van der Waals surface area contributed by atoms with Gasteiger partial charge in [-0.05, 0) is 24.1 Å². The zero-order valence-corrected chi connectivity index (χ0v) is 11.8. The van der Waals surface area contributed by atoms with Crippen molar-refractivity contribution in [1.29, 1.82) is 0 Å². The van der Waals surface area contributed by atoms with Crippen molar-refractivity contribution in [2.75, 3.05) is 0 Å². The maximum Gasteiger partial charge on any atom is 0.133 e. The minimum atomic E-state index is -1.11. The second-order valence-electron chi connectivity index (χ2n) is 4.95. The molecule has 106 valence electrons. The van der Waals surface area contributed by atoms with Crippen LogP contribution in [0.2, 0.25) is 0 Å². The molecule has 0 bridgehead atoms. The fourth-order valence-electron chi connectivity index (χ4n) is 2.52. The summed E-state index contributed by atoms with van der Waals surface area (Å²) in [4.78, 5) is 0. The number of hydrogen-bond donors (Lipinski definition) is 1. The number of aliphatic hydroxyl groups is 1. The summed E-state index contributed by atoms with van der Waals surface area (Å²) in [6.45, 7) is 1.95. The first-order chi connectivity index (χ1) is 10.3. The van der Waals surface area contributed by atoms with E-state index in [1.807, 2.05) is 67.6 Å². The molecule has 3 rings (SSSR count). The lowest BCUT2D eigenvalue weighted by molar-refractivity contribution is 0.0692. The van der Waals surface area contributed by atoms with Crippen LogP contribution in [0.3, 0.4) is 0 Å². The third-order valence-electron chi connectivity index (χ3n) is 3.74. The summed E-state index contributed by atoms with van der Waals surface area (Å²) in [5.41, 5.74) is 1.28. The summed E-state index contributed by atoms with van der Waals surface area (Å²) in [7, 11) is 0. The van der Waals surface area contributed by atoms with Crippen LogP contribution in [-0.2, 0) is 5.60 Å². The lowest BCUT2D eigenvalue weighted by atomic mass is 9.88. The fraction of sp³-hybridized carbons (Fsp3) is 0.176. The van der Waals surface area contributed by atoms with Crippen LogP contribution >= 0.6 is 0 Å². The standard InChI is InChI=1S/C17H17N3O/c1-2-17(21,14-9-5-3-6-10-14)16-13-18-19-20(16)15-11-7-4-8-12-15/h3-13,21H,2H2,1H3. The van der Waals surface area contributed by atoms with Gasteiger partial charge in [-0.15, -0.1) is 5.10 Å². The Labute approximate surface area is 123 Å². The third kappa shape index (κ3) is 2.34. The quantitative estimate of drug-likeness (QED) is 0.799. The summed E-state index contributed by atoms with van der Waals surface area (Å²) in [5, 5.41) is 19.3.